The quantitative estimate of drug-likeness (QED) is 0.380. The highest BCUT2D eigenvalue weighted by molar-refractivity contribution is 5.93. The maximum absolute atomic E-state index is 12.3. The normalized spacial score (nSPS) is 10.4. The van der Waals surface area contributed by atoms with Gasteiger partial charge in [0.2, 0.25) is 5.76 Å². The minimum Gasteiger partial charge on any atom is -0.449 e. The van der Waals surface area contributed by atoms with Crippen molar-refractivity contribution in [1.29, 1.82) is 5.26 Å². The molecule has 0 radical (unpaired) electrons. The van der Waals surface area contributed by atoms with Gasteiger partial charge in [0.15, 0.2) is 0 Å². The van der Waals surface area contributed by atoms with Crippen LogP contribution >= 0.6 is 0 Å². The topological polar surface area (TPSA) is 63.2 Å². The highest BCUT2D eigenvalue weighted by atomic mass is 16.5. The Morgan fingerprint density at radius 2 is 1.54 bits per heavy atom. The molecule has 0 bridgehead atoms. The molecule has 0 amide bonds. The molecule has 0 fully saturated rings. The molecule has 1 aromatic heterocycles. The van der Waals surface area contributed by atoms with E-state index < -0.39 is 5.97 Å². The lowest BCUT2D eigenvalue weighted by Gasteiger charge is -2.05. The van der Waals surface area contributed by atoms with Crippen molar-refractivity contribution in [3.63, 3.8) is 0 Å². The van der Waals surface area contributed by atoms with Crippen LogP contribution in [0.4, 0.5) is 0 Å². The molecule has 3 aromatic carbocycles. The third-order valence-electron chi connectivity index (χ3n) is 4.04. The molecule has 0 N–H and O–H groups in total. The van der Waals surface area contributed by atoms with Crippen LogP contribution in [0, 0.1) is 11.3 Å². The second-order valence-electron chi connectivity index (χ2n) is 5.75. The van der Waals surface area contributed by atoms with Crippen molar-refractivity contribution in [2.75, 3.05) is 0 Å². The number of rotatable bonds is 3. The maximum atomic E-state index is 12.3. The first-order valence-electron chi connectivity index (χ1n) is 8.04. The van der Waals surface area contributed by atoms with Crippen LogP contribution in [0.1, 0.15) is 16.1 Å². The summed E-state index contributed by atoms with van der Waals surface area (Å²) in [6.45, 7) is 0. The summed E-state index contributed by atoms with van der Waals surface area (Å²) in [4.78, 5) is 12.3. The summed E-state index contributed by atoms with van der Waals surface area (Å²) in [6, 6.07) is 25.7. The van der Waals surface area contributed by atoms with Gasteiger partial charge in [0.25, 0.3) is 0 Å². The Morgan fingerprint density at radius 3 is 2.19 bits per heavy atom. The number of ether oxygens (including phenoxy) is 1. The summed E-state index contributed by atoms with van der Waals surface area (Å²) >= 11 is 0. The lowest BCUT2D eigenvalue weighted by molar-refractivity contribution is 0.0704. The second kappa shape index (κ2) is 6.58. The predicted molar refractivity (Wildman–Crippen MR) is 97.8 cm³/mol. The fourth-order valence-corrected chi connectivity index (χ4v) is 2.69. The first-order valence-corrected chi connectivity index (χ1v) is 8.04. The standard InChI is InChI=1S/C22H13NO3/c23-14-15-5-7-16(8-6-15)17-9-11-19(12-10-17)25-22(24)21-13-18-3-1-2-4-20(18)26-21/h1-13H. The van der Waals surface area contributed by atoms with Crippen molar-refractivity contribution in [2.45, 2.75) is 0 Å². The van der Waals surface area contributed by atoms with Crippen LogP contribution in [0.5, 0.6) is 5.75 Å². The van der Waals surface area contributed by atoms with Crippen LogP contribution in [-0.2, 0) is 0 Å². The first kappa shape index (κ1) is 15.7. The number of nitriles is 1. The van der Waals surface area contributed by atoms with Crippen molar-refractivity contribution in [3.05, 3.63) is 90.2 Å². The van der Waals surface area contributed by atoms with Gasteiger partial charge in [0.05, 0.1) is 11.6 Å². The SMILES string of the molecule is N#Cc1ccc(-c2ccc(OC(=O)c3cc4ccccc4o3)cc2)cc1. The van der Waals surface area contributed by atoms with Gasteiger partial charge in [0.1, 0.15) is 11.3 Å². The van der Waals surface area contributed by atoms with E-state index in [-0.39, 0.29) is 5.76 Å². The first-order chi connectivity index (χ1) is 12.7. The Morgan fingerprint density at radius 1 is 0.885 bits per heavy atom. The van der Waals surface area contributed by atoms with Gasteiger partial charge in [-0.2, -0.15) is 5.26 Å². The summed E-state index contributed by atoms with van der Waals surface area (Å²) in [5.41, 5.74) is 3.22. The molecule has 4 nitrogen and oxygen atoms in total. The van der Waals surface area contributed by atoms with Gasteiger partial charge >= 0.3 is 5.97 Å². The van der Waals surface area contributed by atoms with E-state index in [1.54, 1.807) is 36.4 Å². The average Bonchev–Trinajstić information content (AvgIpc) is 3.13. The number of carbonyl (C=O) groups is 1. The molecule has 4 rings (SSSR count). The summed E-state index contributed by atoms with van der Waals surface area (Å²) in [5.74, 6) is 0.0718. The lowest BCUT2D eigenvalue weighted by atomic mass is 10.0. The fourth-order valence-electron chi connectivity index (χ4n) is 2.69. The molecule has 0 atom stereocenters. The van der Waals surface area contributed by atoms with Gasteiger partial charge in [-0.05, 0) is 47.5 Å². The van der Waals surface area contributed by atoms with Gasteiger partial charge in [-0.3, -0.25) is 0 Å². The molecular weight excluding hydrogens is 326 g/mol. The van der Waals surface area contributed by atoms with Crippen molar-refractivity contribution >= 4 is 16.9 Å². The smallest absolute Gasteiger partial charge is 0.379 e. The molecule has 124 valence electrons. The largest absolute Gasteiger partial charge is 0.449 e. The zero-order valence-corrected chi connectivity index (χ0v) is 13.7. The molecule has 4 aromatic rings. The molecule has 0 unspecified atom stereocenters. The average molecular weight is 339 g/mol. The molecule has 4 heteroatoms. The Hall–Kier alpha value is -3.84. The van der Waals surface area contributed by atoms with Crippen LogP contribution in [0.3, 0.4) is 0 Å². The van der Waals surface area contributed by atoms with E-state index in [1.165, 1.54) is 0 Å². The van der Waals surface area contributed by atoms with E-state index >= 15 is 0 Å². The molecular formula is C22H13NO3. The van der Waals surface area contributed by atoms with Crippen molar-refractivity contribution < 1.29 is 13.9 Å². The lowest BCUT2D eigenvalue weighted by Crippen LogP contribution is -2.06. The summed E-state index contributed by atoms with van der Waals surface area (Å²) in [7, 11) is 0. The van der Waals surface area contributed by atoms with E-state index in [1.807, 2.05) is 42.5 Å². The Balaban J connectivity index is 1.51. The number of nitrogens with zero attached hydrogens (tertiary/aromatic N) is 1. The van der Waals surface area contributed by atoms with Gasteiger partial charge < -0.3 is 9.15 Å². The van der Waals surface area contributed by atoms with E-state index in [2.05, 4.69) is 6.07 Å². The van der Waals surface area contributed by atoms with E-state index in [4.69, 9.17) is 14.4 Å². The number of benzene rings is 3. The highest BCUT2D eigenvalue weighted by Crippen LogP contribution is 2.24. The minimum absolute atomic E-state index is 0.169. The van der Waals surface area contributed by atoms with Gasteiger partial charge in [-0.25, -0.2) is 4.79 Å². The van der Waals surface area contributed by atoms with Gasteiger partial charge in [0, 0.05) is 5.39 Å². The Labute approximate surface area is 149 Å². The highest BCUT2D eigenvalue weighted by Gasteiger charge is 2.14. The molecule has 0 saturated carbocycles. The van der Waals surface area contributed by atoms with Crippen molar-refractivity contribution in [2.24, 2.45) is 0 Å². The van der Waals surface area contributed by atoms with Crippen LogP contribution in [0.25, 0.3) is 22.1 Å². The van der Waals surface area contributed by atoms with Crippen LogP contribution in [-0.4, -0.2) is 5.97 Å². The number of esters is 1. The summed E-state index contributed by atoms with van der Waals surface area (Å²) in [5, 5.41) is 9.71. The van der Waals surface area contributed by atoms with Crippen LogP contribution in [0.15, 0.2) is 83.3 Å². The maximum Gasteiger partial charge on any atom is 0.379 e. The summed E-state index contributed by atoms with van der Waals surface area (Å²) in [6.07, 6.45) is 0. The Kier molecular flexibility index (Phi) is 3.97. The third kappa shape index (κ3) is 3.06. The third-order valence-corrected chi connectivity index (χ3v) is 4.04. The number of fused-ring (bicyclic) bond motifs is 1. The minimum atomic E-state index is -0.535. The second-order valence-corrected chi connectivity index (χ2v) is 5.75. The number of carbonyl (C=O) groups excluding carboxylic acids is 1. The Bertz CT molecular complexity index is 1080. The van der Waals surface area contributed by atoms with Crippen molar-refractivity contribution in [3.8, 4) is 22.9 Å². The fraction of sp³-hybridized carbons (Fsp3) is 0. The molecule has 0 aliphatic carbocycles. The van der Waals surface area contributed by atoms with E-state index in [0.717, 1.165) is 16.5 Å². The predicted octanol–water partition coefficient (Wildman–Crippen LogP) is 5.19. The zero-order chi connectivity index (χ0) is 17.9. The molecule has 0 aliphatic rings. The number of hydrogen-bond acceptors (Lipinski definition) is 4. The monoisotopic (exact) mass is 339 g/mol. The molecule has 26 heavy (non-hydrogen) atoms. The number of hydrogen-bond donors (Lipinski definition) is 0. The summed E-state index contributed by atoms with van der Waals surface area (Å²) < 4.78 is 10.9. The number of para-hydroxylation sites is 1. The van der Waals surface area contributed by atoms with Crippen molar-refractivity contribution in [1.82, 2.24) is 0 Å². The van der Waals surface area contributed by atoms with E-state index in [0.29, 0.717) is 16.9 Å². The van der Waals surface area contributed by atoms with Gasteiger partial charge in [-0.1, -0.05) is 42.5 Å². The van der Waals surface area contributed by atoms with Crippen LogP contribution in [0.2, 0.25) is 0 Å². The van der Waals surface area contributed by atoms with Crippen LogP contribution < -0.4 is 4.74 Å². The molecule has 0 spiro atoms. The molecule has 1 heterocycles. The zero-order valence-electron chi connectivity index (χ0n) is 13.7. The number of furan rings is 1. The molecule has 0 saturated heterocycles. The van der Waals surface area contributed by atoms with Gasteiger partial charge in [-0.15, -0.1) is 0 Å². The van der Waals surface area contributed by atoms with E-state index in [9.17, 15) is 4.79 Å². The molecule has 0 aliphatic heterocycles.